The molecule has 0 radical (unpaired) electrons. The molecule has 1 aliphatic carbocycles. The number of hydrogen-bond acceptors (Lipinski definition) is 2. The molecular formula is C21H23F3N3O2+. The van der Waals surface area contributed by atoms with Crippen LogP contribution in [0.4, 0.5) is 18.9 Å². The number of nitrogens with one attached hydrogen (secondary N) is 3. The molecule has 1 aliphatic rings. The van der Waals surface area contributed by atoms with Crippen LogP contribution in [0.2, 0.25) is 0 Å². The van der Waals surface area contributed by atoms with E-state index in [9.17, 15) is 22.8 Å². The number of anilines is 1. The Morgan fingerprint density at radius 2 is 1.83 bits per heavy atom. The van der Waals surface area contributed by atoms with Gasteiger partial charge in [-0.1, -0.05) is 24.3 Å². The SMILES string of the molecule is C[NH+](CC(=O)NCC(=O)Nc1ccc(F)c(F)c1F)[C@H]1CCCc2ccccc21. The van der Waals surface area contributed by atoms with Gasteiger partial charge in [-0.25, -0.2) is 13.2 Å². The van der Waals surface area contributed by atoms with Crippen molar-refractivity contribution in [2.75, 3.05) is 25.5 Å². The summed E-state index contributed by atoms with van der Waals surface area (Å²) in [7, 11) is 1.93. The monoisotopic (exact) mass is 406 g/mol. The van der Waals surface area contributed by atoms with E-state index >= 15 is 0 Å². The fraction of sp³-hybridized carbons (Fsp3) is 0.333. The number of hydrogen-bond donors (Lipinski definition) is 3. The van der Waals surface area contributed by atoms with E-state index < -0.39 is 35.6 Å². The Balaban J connectivity index is 1.51. The van der Waals surface area contributed by atoms with Crippen LogP contribution in [0.3, 0.4) is 0 Å². The lowest BCUT2D eigenvalue weighted by molar-refractivity contribution is -0.905. The van der Waals surface area contributed by atoms with Crippen molar-refractivity contribution in [1.29, 1.82) is 0 Å². The van der Waals surface area contributed by atoms with Gasteiger partial charge in [0.1, 0.15) is 6.04 Å². The minimum atomic E-state index is -1.66. The molecule has 8 heteroatoms. The van der Waals surface area contributed by atoms with Crippen LogP contribution in [0, 0.1) is 17.5 Å². The summed E-state index contributed by atoms with van der Waals surface area (Å²) in [6, 6.07) is 10.0. The molecule has 2 amide bonds. The third-order valence-corrected chi connectivity index (χ3v) is 5.16. The van der Waals surface area contributed by atoms with Crippen molar-refractivity contribution in [1.82, 2.24) is 5.32 Å². The number of rotatable bonds is 6. The molecule has 0 aromatic heterocycles. The average molecular weight is 406 g/mol. The van der Waals surface area contributed by atoms with Crippen LogP contribution >= 0.6 is 0 Å². The maximum absolute atomic E-state index is 13.6. The van der Waals surface area contributed by atoms with Crippen LogP contribution < -0.4 is 15.5 Å². The molecule has 154 valence electrons. The lowest BCUT2D eigenvalue weighted by Gasteiger charge is -2.30. The quantitative estimate of drug-likeness (QED) is 0.640. The van der Waals surface area contributed by atoms with Gasteiger partial charge >= 0.3 is 0 Å². The maximum atomic E-state index is 13.6. The minimum absolute atomic E-state index is 0.172. The lowest BCUT2D eigenvalue weighted by atomic mass is 9.87. The second-order valence-electron chi connectivity index (χ2n) is 7.21. The van der Waals surface area contributed by atoms with Gasteiger partial charge in [0.15, 0.2) is 24.0 Å². The van der Waals surface area contributed by atoms with E-state index in [1.54, 1.807) is 0 Å². The predicted molar refractivity (Wildman–Crippen MR) is 102 cm³/mol. The minimum Gasteiger partial charge on any atom is -0.342 e. The Kier molecular flexibility index (Phi) is 6.53. The van der Waals surface area contributed by atoms with Crippen molar-refractivity contribution in [3.63, 3.8) is 0 Å². The zero-order chi connectivity index (χ0) is 21.0. The molecule has 3 rings (SSSR count). The molecular weight excluding hydrogens is 383 g/mol. The highest BCUT2D eigenvalue weighted by Crippen LogP contribution is 2.27. The Bertz CT molecular complexity index is 920. The highest BCUT2D eigenvalue weighted by molar-refractivity contribution is 5.94. The van der Waals surface area contributed by atoms with Gasteiger partial charge in [0, 0.05) is 12.0 Å². The first-order chi connectivity index (χ1) is 13.9. The second kappa shape index (κ2) is 9.09. The average Bonchev–Trinajstić information content (AvgIpc) is 2.72. The number of carbonyl (C=O) groups excluding carboxylic acids is 2. The van der Waals surface area contributed by atoms with Gasteiger partial charge in [0.05, 0.1) is 19.3 Å². The molecule has 1 unspecified atom stereocenters. The highest BCUT2D eigenvalue weighted by Gasteiger charge is 2.28. The zero-order valence-electron chi connectivity index (χ0n) is 16.0. The van der Waals surface area contributed by atoms with E-state index in [-0.39, 0.29) is 18.5 Å². The second-order valence-corrected chi connectivity index (χ2v) is 7.21. The van der Waals surface area contributed by atoms with Gasteiger partial charge < -0.3 is 15.5 Å². The maximum Gasteiger partial charge on any atom is 0.275 e. The number of carbonyl (C=O) groups is 2. The van der Waals surface area contributed by atoms with Gasteiger partial charge in [0.25, 0.3) is 5.91 Å². The lowest BCUT2D eigenvalue weighted by Crippen LogP contribution is -3.10. The zero-order valence-corrected chi connectivity index (χ0v) is 16.0. The first kappa shape index (κ1) is 20.9. The van der Waals surface area contributed by atoms with E-state index in [0.29, 0.717) is 6.07 Å². The van der Waals surface area contributed by atoms with Gasteiger partial charge in [-0.2, -0.15) is 0 Å². The summed E-state index contributed by atoms with van der Waals surface area (Å²) in [5, 5.41) is 4.60. The number of quaternary nitrogens is 1. The summed E-state index contributed by atoms with van der Waals surface area (Å²) in [4.78, 5) is 25.2. The summed E-state index contributed by atoms with van der Waals surface area (Å²) in [6.07, 6.45) is 3.07. The normalized spacial score (nSPS) is 16.6. The topological polar surface area (TPSA) is 62.6 Å². The van der Waals surface area contributed by atoms with E-state index in [1.807, 2.05) is 19.2 Å². The summed E-state index contributed by atoms with van der Waals surface area (Å²) in [6.45, 7) is -0.225. The molecule has 0 saturated carbocycles. The van der Waals surface area contributed by atoms with Gasteiger partial charge in [0.2, 0.25) is 5.91 Å². The van der Waals surface area contributed by atoms with Crippen LogP contribution in [-0.2, 0) is 16.0 Å². The van der Waals surface area contributed by atoms with Crippen molar-refractivity contribution in [3.8, 4) is 0 Å². The first-order valence-electron chi connectivity index (χ1n) is 9.47. The van der Waals surface area contributed by atoms with Gasteiger partial charge in [-0.15, -0.1) is 0 Å². The summed E-state index contributed by atoms with van der Waals surface area (Å²) in [5.74, 6) is -5.55. The molecule has 5 nitrogen and oxygen atoms in total. The molecule has 0 bridgehead atoms. The first-order valence-corrected chi connectivity index (χ1v) is 9.47. The Morgan fingerprint density at radius 1 is 1.07 bits per heavy atom. The Morgan fingerprint density at radius 3 is 2.62 bits per heavy atom. The molecule has 0 spiro atoms. The van der Waals surface area contributed by atoms with Crippen LogP contribution in [-0.4, -0.2) is 32.0 Å². The molecule has 2 aromatic carbocycles. The van der Waals surface area contributed by atoms with Crippen molar-refractivity contribution < 1.29 is 27.7 Å². The highest BCUT2D eigenvalue weighted by atomic mass is 19.2. The number of aryl methyl sites for hydroxylation is 1. The van der Waals surface area contributed by atoms with E-state index in [4.69, 9.17) is 0 Å². The van der Waals surface area contributed by atoms with E-state index in [0.717, 1.165) is 30.2 Å². The Hall–Kier alpha value is -2.87. The third kappa shape index (κ3) is 4.95. The number of amides is 2. The molecule has 0 heterocycles. The third-order valence-electron chi connectivity index (χ3n) is 5.16. The van der Waals surface area contributed by atoms with Gasteiger partial charge in [-0.05, 0) is 30.5 Å². The van der Waals surface area contributed by atoms with Crippen molar-refractivity contribution in [2.24, 2.45) is 0 Å². The van der Waals surface area contributed by atoms with Crippen LogP contribution in [0.15, 0.2) is 36.4 Å². The summed E-state index contributed by atoms with van der Waals surface area (Å²) >= 11 is 0. The van der Waals surface area contributed by atoms with Crippen LogP contribution in [0.5, 0.6) is 0 Å². The van der Waals surface area contributed by atoms with Crippen molar-refractivity contribution in [3.05, 3.63) is 65.0 Å². The van der Waals surface area contributed by atoms with Crippen LogP contribution in [0.25, 0.3) is 0 Å². The molecule has 2 aromatic rings. The molecule has 0 fully saturated rings. The van der Waals surface area contributed by atoms with Crippen LogP contribution in [0.1, 0.15) is 30.0 Å². The van der Waals surface area contributed by atoms with E-state index in [1.165, 1.54) is 11.1 Å². The smallest absolute Gasteiger partial charge is 0.275 e. The van der Waals surface area contributed by atoms with Gasteiger partial charge in [-0.3, -0.25) is 9.59 Å². The number of likely N-dealkylation sites (N-methyl/N-ethyl adjacent to an activating group) is 1. The fourth-order valence-corrected chi connectivity index (χ4v) is 3.70. The molecule has 3 N–H and O–H groups in total. The standard InChI is InChI=1S/C21H22F3N3O2/c1-27(17-8-4-6-13-5-2-3-7-14(13)17)12-19(29)25-11-18(28)26-16-10-9-15(22)20(23)21(16)24/h2-3,5,7,9-10,17H,4,6,8,11-12H2,1H3,(H,25,29)(H,26,28)/p+1/t17-/m0/s1. The van der Waals surface area contributed by atoms with E-state index in [2.05, 4.69) is 22.8 Å². The number of benzene rings is 2. The van der Waals surface area contributed by atoms with Crippen molar-refractivity contribution in [2.45, 2.75) is 25.3 Å². The summed E-state index contributed by atoms with van der Waals surface area (Å²) < 4.78 is 39.7. The number of fused-ring (bicyclic) bond motifs is 1. The Labute approximate surface area is 166 Å². The molecule has 2 atom stereocenters. The largest absolute Gasteiger partial charge is 0.342 e. The molecule has 29 heavy (non-hydrogen) atoms. The molecule has 0 saturated heterocycles. The number of halogens is 3. The predicted octanol–water partition coefficient (Wildman–Crippen LogP) is 1.75. The van der Waals surface area contributed by atoms with Crippen molar-refractivity contribution >= 4 is 17.5 Å². The fourth-order valence-electron chi connectivity index (χ4n) is 3.70. The summed E-state index contributed by atoms with van der Waals surface area (Å²) in [5.41, 5.74) is 2.07. The molecule has 0 aliphatic heterocycles.